The minimum atomic E-state index is -0.172. The number of benzene rings is 2. The van der Waals surface area contributed by atoms with Gasteiger partial charge in [-0.05, 0) is 24.6 Å². The predicted molar refractivity (Wildman–Crippen MR) is 82.1 cm³/mol. The molecule has 2 N–H and O–H groups in total. The van der Waals surface area contributed by atoms with Crippen LogP contribution >= 0.6 is 0 Å². The van der Waals surface area contributed by atoms with Crippen molar-refractivity contribution < 1.29 is 42.3 Å². The van der Waals surface area contributed by atoms with Crippen LogP contribution in [0.3, 0.4) is 0 Å². The fourth-order valence-corrected chi connectivity index (χ4v) is 1.92. The fourth-order valence-electron chi connectivity index (χ4n) is 1.92. The Kier molecular flexibility index (Phi) is 7.59. The predicted octanol–water partition coefficient (Wildman–Crippen LogP) is 3.37. The summed E-state index contributed by atoms with van der Waals surface area (Å²) >= 11 is 0. The molecule has 0 atom stereocenters. The van der Waals surface area contributed by atoms with Crippen molar-refractivity contribution in [1.82, 2.24) is 5.32 Å². The van der Waals surface area contributed by atoms with E-state index in [-0.39, 0.29) is 50.9 Å². The third kappa shape index (κ3) is 5.13. The normalized spacial score (nSPS) is 9.73. The second kappa shape index (κ2) is 8.94. The molecule has 0 unspecified atom stereocenters. The molecule has 0 fully saturated rings. The van der Waals surface area contributed by atoms with Gasteiger partial charge in [0.15, 0.2) is 5.78 Å². The average molecular weight is 370 g/mol. The van der Waals surface area contributed by atoms with Gasteiger partial charge in [0.05, 0.1) is 0 Å². The molecule has 0 spiro atoms. The third-order valence-corrected chi connectivity index (χ3v) is 3.23. The minimum Gasteiger partial charge on any atom is -0.674 e. The van der Waals surface area contributed by atoms with Crippen molar-refractivity contribution in [2.24, 2.45) is 0 Å². The van der Waals surface area contributed by atoms with E-state index in [1.807, 2.05) is 24.3 Å². The van der Waals surface area contributed by atoms with Gasteiger partial charge in [0.1, 0.15) is 0 Å². The topological polar surface area (TPSA) is 70.0 Å². The Morgan fingerprint density at radius 2 is 1.41 bits per heavy atom. The van der Waals surface area contributed by atoms with Crippen LogP contribution in [0.1, 0.15) is 38.8 Å². The molecule has 2 aromatic carbocycles. The molecule has 0 aliphatic heterocycles. The summed E-state index contributed by atoms with van der Waals surface area (Å²) in [7, 11) is 0. The molecule has 0 aliphatic rings. The van der Waals surface area contributed by atoms with Crippen molar-refractivity contribution in [2.45, 2.75) is 20.0 Å². The Hall–Kier alpha value is -1.36. The molecule has 0 saturated carbocycles. The van der Waals surface area contributed by atoms with Gasteiger partial charge in [-0.25, -0.2) is 0 Å². The van der Waals surface area contributed by atoms with Crippen molar-refractivity contribution in [3.63, 3.8) is 0 Å². The van der Waals surface area contributed by atoms with Crippen LogP contribution in [0.5, 0.6) is 0 Å². The van der Waals surface area contributed by atoms with E-state index in [0.29, 0.717) is 17.7 Å². The van der Waals surface area contributed by atoms with Gasteiger partial charge in [-0.2, -0.15) is 0 Å². The van der Waals surface area contributed by atoms with Crippen LogP contribution < -0.4 is 5.32 Å². The first-order valence-corrected chi connectivity index (χ1v) is 6.72. The fraction of sp³-hybridized carbons (Fsp3) is 0.176. The van der Waals surface area contributed by atoms with E-state index in [1.165, 1.54) is 6.92 Å². The summed E-state index contributed by atoms with van der Waals surface area (Å²) in [5, 5.41) is 2.83. The van der Waals surface area contributed by atoms with Gasteiger partial charge in [0.25, 0.3) is 5.91 Å². The number of amides is 1. The molecule has 1 radical (unpaired) electrons. The zero-order chi connectivity index (χ0) is 15.2. The summed E-state index contributed by atoms with van der Waals surface area (Å²) in [6.45, 7) is 2.19. The maximum absolute atomic E-state index is 12.0. The SMILES string of the molecule is CC(=O)c1ccc(C(=O)NCc2ccc(C[NH-])cc2)cc1.[Y]. The summed E-state index contributed by atoms with van der Waals surface area (Å²) in [5.41, 5.74) is 10.3. The van der Waals surface area contributed by atoms with Crippen LogP contribution in [0.25, 0.3) is 5.73 Å². The van der Waals surface area contributed by atoms with Crippen molar-refractivity contribution in [3.8, 4) is 0 Å². The molecule has 4 nitrogen and oxygen atoms in total. The summed E-state index contributed by atoms with van der Waals surface area (Å²) < 4.78 is 0. The number of hydrogen-bond donors (Lipinski definition) is 1. The van der Waals surface area contributed by atoms with Crippen LogP contribution in [-0.2, 0) is 45.8 Å². The van der Waals surface area contributed by atoms with E-state index < -0.39 is 0 Å². The number of carbonyl (C=O) groups is 2. The minimum absolute atomic E-state index is 0. The molecule has 2 rings (SSSR count). The van der Waals surface area contributed by atoms with Crippen LogP contribution in [0.15, 0.2) is 48.5 Å². The van der Waals surface area contributed by atoms with Crippen molar-refractivity contribution >= 4 is 11.7 Å². The van der Waals surface area contributed by atoms with E-state index in [4.69, 9.17) is 5.73 Å². The number of rotatable bonds is 5. The molecule has 2 aromatic rings. The van der Waals surface area contributed by atoms with Gasteiger partial charge in [-0.1, -0.05) is 42.0 Å². The standard InChI is InChI=1S/C17H17N2O2.Y/c1-12(20)15-6-8-16(9-7-15)17(21)19-11-14-4-2-13(10-18)3-5-14;/h2-9,18H,10-11H2,1H3,(H,19,21);/q-1;. The number of Topliss-reactive ketones (excluding diaryl/α,β-unsaturated/α-hetero) is 1. The Morgan fingerprint density at radius 3 is 1.91 bits per heavy atom. The number of carbonyl (C=O) groups excluding carboxylic acids is 2. The summed E-state index contributed by atoms with van der Waals surface area (Å²) in [6, 6.07) is 14.2. The van der Waals surface area contributed by atoms with Crippen molar-refractivity contribution in [3.05, 3.63) is 76.5 Å². The molecule has 0 aromatic heterocycles. The van der Waals surface area contributed by atoms with Crippen molar-refractivity contribution in [2.75, 3.05) is 0 Å². The second-order valence-corrected chi connectivity index (χ2v) is 4.81. The van der Waals surface area contributed by atoms with E-state index in [1.54, 1.807) is 24.3 Å². The Bertz CT molecular complexity index is 637. The smallest absolute Gasteiger partial charge is 0.251 e. The molecule has 0 saturated heterocycles. The molecule has 0 aliphatic carbocycles. The largest absolute Gasteiger partial charge is 0.674 e. The van der Waals surface area contributed by atoms with Gasteiger partial charge >= 0.3 is 0 Å². The maximum Gasteiger partial charge on any atom is 0.251 e. The monoisotopic (exact) mass is 370 g/mol. The van der Waals surface area contributed by atoms with Crippen LogP contribution in [0, 0.1) is 0 Å². The molecule has 0 bridgehead atoms. The first kappa shape index (κ1) is 18.7. The molecule has 22 heavy (non-hydrogen) atoms. The van der Waals surface area contributed by atoms with Gasteiger partial charge < -0.3 is 11.1 Å². The summed E-state index contributed by atoms with van der Waals surface area (Å²) in [6.07, 6.45) is 0. The van der Waals surface area contributed by atoms with Gasteiger partial charge in [-0.15, -0.1) is 6.54 Å². The molecule has 111 valence electrons. The Balaban J connectivity index is 0.00000242. The van der Waals surface area contributed by atoms with E-state index >= 15 is 0 Å². The number of nitrogens with one attached hydrogen (secondary N) is 2. The Labute approximate surface area is 155 Å². The zero-order valence-corrected chi connectivity index (χ0v) is 15.3. The molecular weight excluding hydrogens is 353 g/mol. The van der Waals surface area contributed by atoms with Gasteiger partial charge in [0, 0.05) is 50.4 Å². The molecule has 1 amide bonds. The quantitative estimate of drug-likeness (QED) is 0.820. The Morgan fingerprint density at radius 1 is 0.909 bits per heavy atom. The molecule has 5 heteroatoms. The summed E-state index contributed by atoms with van der Waals surface area (Å²) in [5.74, 6) is -0.189. The van der Waals surface area contributed by atoms with Gasteiger partial charge in [0.2, 0.25) is 0 Å². The van der Waals surface area contributed by atoms with E-state index in [2.05, 4.69) is 5.32 Å². The second-order valence-electron chi connectivity index (χ2n) is 4.81. The van der Waals surface area contributed by atoms with Crippen LogP contribution in [0.2, 0.25) is 0 Å². The van der Waals surface area contributed by atoms with E-state index in [0.717, 1.165) is 11.1 Å². The van der Waals surface area contributed by atoms with Crippen LogP contribution in [0.4, 0.5) is 0 Å². The average Bonchev–Trinajstić information content (AvgIpc) is 2.53. The molecule has 0 heterocycles. The number of hydrogen-bond acceptors (Lipinski definition) is 2. The summed E-state index contributed by atoms with van der Waals surface area (Å²) in [4.78, 5) is 23.2. The third-order valence-electron chi connectivity index (χ3n) is 3.23. The first-order chi connectivity index (χ1) is 10.1. The zero-order valence-electron chi connectivity index (χ0n) is 12.4. The maximum atomic E-state index is 12.0. The first-order valence-electron chi connectivity index (χ1n) is 6.72. The number of ketones is 1. The van der Waals surface area contributed by atoms with Crippen molar-refractivity contribution in [1.29, 1.82) is 0 Å². The van der Waals surface area contributed by atoms with E-state index in [9.17, 15) is 9.59 Å². The van der Waals surface area contributed by atoms with Crippen LogP contribution in [-0.4, -0.2) is 11.7 Å². The van der Waals surface area contributed by atoms with Gasteiger partial charge in [-0.3, -0.25) is 9.59 Å². The molecular formula is C17H17N2O2Y-.